The maximum Gasteiger partial charge on any atom is 0.410 e. The number of rotatable bonds is 3. The van der Waals surface area contributed by atoms with E-state index in [2.05, 4.69) is 33.9 Å². The summed E-state index contributed by atoms with van der Waals surface area (Å²) in [4.78, 5) is 13.9. The average molecular weight is 346 g/mol. The zero-order valence-electron chi connectivity index (χ0n) is 16.1. The third-order valence-electron chi connectivity index (χ3n) is 4.80. The van der Waals surface area contributed by atoms with Crippen LogP contribution in [0.4, 0.5) is 4.79 Å². The average Bonchev–Trinajstić information content (AvgIpc) is 2.35. The molecule has 0 aromatic heterocycles. The van der Waals surface area contributed by atoms with E-state index in [-0.39, 0.29) is 29.8 Å². The highest BCUT2D eigenvalue weighted by atomic mass is 28.4. The van der Waals surface area contributed by atoms with Crippen LogP contribution in [0.15, 0.2) is 0 Å². The van der Waals surface area contributed by atoms with Crippen LogP contribution in [0.1, 0.15) is 48.0 Å². The second kappa shape index (κ2) is 7.11. The van der Waals surface area contributed by atoms with E-state index >= 15 is 0 Å². The maximum absolute atomic E-state index is 12.2. The Kier molecular flexibility index (Phi) is 6.32. The summed E-state index contributed by atoms with van der Waals surface area (Å²) in [6, 6.07) is 0. The number of aliphatic hydroxyl groups excluding tert-OH is 1. The summed E-state index contributed by atoms with van der Waals surface area (Å²) in [5.41, 5.74) is -0.500. The van der Waals surface area contributed by atoms with Crippen molar-refractivity contribution in [3.05, 3.63) is 0 Å². The highest BCUT2D eigenvalue weighted by Gasteiger charge is 2.42. The van der Waals surface area contributed by atoms with Gasteiger partial charge in [0.05, 0.1) is 12.7 Å². The Morgan fingerprint density at radius 2 is 1.78 bits per heavy atom. The number of likely N-dealkylation sites (tertiary alicyclic amines) is 1. The predicted octanol–water partition coefficient (Wildman–Crippen LogP) is 3.63. The maximum atomic E-state index is 12.2. The summed E-state index contributed by atoms with van der Waals surface area (Å²) < 4.78 is 11.9. The van der Waals surface area contributed by atoms with Crippen molar-refractivity contribution in [1.29, 1.82) is 0 Å². The van der Waals surface area contributed by atoms with Crippen LogP contribution in [0.2, 0.25) is 18.1 Å². The monoisotopic (exact) mass is 345 g/mol. The van der Waals surface area contributed by atoms with E-state index in [1.54, 1.807) is 4.90 Å². The quantitative estimate of drug-likeness (QED) is 0.794. The second-order valence-electron chi connectivity index (χ2n) is 9.07. The van der Waals surface area contributed by atoms with Crippen LogP contribution >= 0.6 is 0 Å². The van der Waals surface area contributed by atoms with Gasteiger partial charge < -0.3 is 19.2 Å². The van der Waals surface area contributed by atoms with Crippen LogP contribution in [-0.2, 0) is 9.16 Å². The zero-order chi connectivity index (χ0) is 18.1. The van der Waals surface area contributed by atoms with Gasteiger partial charge in [0.15, 0.2) is 8.32 Å². The van der Waals surface area contributed by atoms with Gasteiger partial charge in [-0.15, -0.1) is 0 Å². The van der Waals surface area contributed by atoms with E-state index < -0.39 is 13.9 Å². The summed E-state index contributed by atoms with van der Waals surface area (Å²) in [6.07, 6.45) is 0.457. The number of ether oxygens (including phenoxy) is 1. The molecule has 23 heavy (non-hydrogen) atoms. The van der Waals surface area contributed by atoms with Crippen LogP contribution in [-0.4, -0.2) is 55.8 Å². The molecule has 0 spiro atoms. The highest BCUT2D eigenvalue weighted by Crippen LogP contribution is 2.39. The number of aliphatic hydroxyl groups is 1. The van der Waals surface area contributed by atoms with E-state index in [4.69, 9.17) is 9.16 Å². The molecule has 0 aromatic rings. The predicted molar refractivity (Wildman–Crippen MR) is 95.1 cm³/mol. The minimum Gasteiger partial charge on any atom is -0.444 e. The first-order valence-corrected chi connectivity index (χ1v) is 11.4. The van der Waals surface area contributed by atoms with E-state index in [0.717, 1.165) is 6.42 Å². The van der Waals surface area contributed by atoms with Crippen LogP contribution in [0.5, 0.6) is 0 Å². The molecule has 2 atom stereocenters. The topological polar surface area (TPSA) is 59.0 Å². The van der Waals surface area contributed by atoms with Crippen LogP contribution < -0.4 is 0 Å². The first kappa shape index (κ1) is 20.5. The number of carbonyl (C=O) groups excluding carboxylic acids is 1. The van der Waals surface area contributed by atoms with Crippen molar-refractivity contribution in [2.24, 2.45) is 5.92 Å². The largest absolute Gasteiger partial charge is 0.444 e. The zero-order valence-corrected chi connectivity index (χ0v) is 17.1. The molecule has 0 unspecified atom stereocenters. The van der Waals surface area contributed by atoms with E-state index in [9.17, 15) is 9.90 Å². The van der Waals surface area contributed by atoms with Gasteiger partial charge in [-0.3, -0.25) is 0 Å². The fourth-order valence-electron chi connectivity index (χ4n) is 2.39. The van der Waals surface area contributed by atoms with Gasteiger partial charge in [-0.05, 0) is 45.3 Å². The van der Waals surface area contributed by atoms with Gasteiger partial charge in [0.25, 0.3) is 0 Å². The Labute approximate surface area is 142 Å². The lowest BCUT2D eigenvalue weighted by molar-refractivity contribution is -0.0164. The molecule has 1 fully saturated rings. The van der Waals surface area contributed by atoms with Crippen LogP contribution in [0.3, 0.4) is 0 Å². The van der Waals surface area contributed by atoms with E-state index in [1.807, 2.05) is 20.8 Å². The van der Waals surface area contributed by atoms with Crippen LogP contribution in [0.25, 0.3) is 0 Å². The molecule has 1 N–H and O–H groups in total. The fourth-order valence-corrected chi connectivity index (χ4v) is 3.81. The molecular formula is C17H35NO4Si. The lowest BCUT2D eigenvalue weighted by Crippen LogP contribution is -2.53. The van der Waals surface area contributed by atoms with Gasteiger partial charge >= 0.3 is 6.09 Å². The molecular weight excluding hydrogens is 310 g/mol. The second-order valence-corrected chi connectivity index (χ2v) is 13.8. The van der Waals surface area contributed by atoms with Crippen molar-refractivity contribution in [3.63, 3.8) is 0 Å². The normalized spacial score (nSPS) is 23.8. The molecule has 6 heteroatoms. The lowest BCUT2D eigenvalue weighted by Gasteiger charge is -2.44. The summed E-state index contributed by atoms with van der Waals surface area (Å²) in [6.45, 7) is 17.8. The van der Waals surface area contributed by atoms with Crippen molar-refractivity contribution in [3.8, 4) is 0 Å². The standard InChI is InChI=1S/C17H35NO4Si/c1-16(2,3)21-15(20)18-10-9-14(13(11-18)12-19)22-23(7,8)17(4,5)6/h13-14,19H,9-12H2,1-8H3/t13-,14-/m1/s1. The number of amides is 1. The number of piperidine rings is 1. The van der Waals surface area contributed by atoms with E-state index in [1.165, 1.54) is 0 Å². The number of hydrogen-bond donors (Lipinski definition) is 1. The summed E-state index contributed by atoms with van der Waals surface area (Å²) >= 11 is 0. The van der Waals surface area contributed by atoms with Crippen molar-refractivity contribution in [1.82, 2.24) is 4.90 Å². The molecule has 5 nitrogen and oxygen atoms in total. The summed E-state index contributed by atoms with van der Waals surface area (Å²) in [7, 11) is -1.88. The summed E-state index contributed by atoms with van der Waals surface area (Å²) in [5, 5.41) is 9.88. The van der Waals surface area contributed by atoms with Crippen molar-refractivity contribution >= 4 is 14.4 Å². The van der Waals surface area contributed by atoms with Crippen molar-refractivity contribution in [2.45, 2.75) is 77.8 Å². The molecule has 1 aliphatic heterocycles. The van der Waals surface area contributed by atoms with Gasteiger partial charge in [0, 0.05) is 19.0 Å². The highest BCUT2D eigenvalue weighted by molar-refractivity contribution is 6.74. The minimum atomic E-state index is -1.88. The van der Waals surface area contributed by atoms with Crippen molar-refractivity contribution in [2.75, 3.05) is 19.7 Å². The van der Waals surface area contributed by atoms with Gasteiger partial charge in [-0.25, -0.2) is 4.79 Å². The third kappa shape index (κ3) is 5.76. The van der Waals surface area contributed by atoms with Gasteiger partial charge in [-0.1, -0.05) is 20.8 Å². The summed E-state index contributed by atoms with van der Waals surface area (Å²) in [5.74, 6) is -0.0506. The Hall–Kier alpha value is -0.593. The SMILES string of the molecule is CC(C)(C)OC(=O)N1CC[C@@H](O[Si](C)(C)C(C)(C)C)[C@@H](CO)C1. The molecule has 136 valence electrons. The number of carbonyl (C=O) groups is 1. The minimum absolute atomic E-state index is 0.0135. The number of nitrogens with zero attached hydrogens (tertiary/aromatic N) is 1. The van der Waals surface area contributed by atoms with E-state index in [0.29, 0.717) is 13.1 Å². The van der Waals surface area contributed by atoms with Gasteiger partial charge in [0.1, 0.15) is 5.60 Å². The fraction of sp³-hybridized carbons (Fsp3) is 0.941. The first-order valence-electron chi connectivity index (χ1n) is 8.53. The molecule has 0 radical (unpaired) electrons. The third-order valence-corrected chi connectivity index (χ3v) is 9.31. The van der Waals surface area contributed by atoms with Crippen molar-refractivity contribution < 1.29 is 19.1 Å². The van der Waals surface area contributed by atoms with Gasteiger partial charge in [0.2, 0.25) is 0 Å². The molecule has 0 aromatic carbocycles. The Morgan fingerprint density at radius 3 is 2.22 bits per heavy atom. The molecule has 1 saturated heterocycles. The number of hydrogen-bond acceptors (Lipinski definition) is 4. The molecule has 0 aliphatic carbocycles. The lowest BCUT2D eigenvalue weighted by atomic mass is 9.96. The Balaban J connectivity index is 2.71. The molecule has 1 amide bonds. The molecule has 0 bridgehead atoms. The van der Waals surface area contributed by atoms with Crippen LogP contribution in [0, 0.1) is 5.92 Å². The van der Waals surface area contributed by atoms with Gasteiger partial charge in [-0.2, -0.15) is 0 Å². The smallest absolute Gasteiger partial charge is 0.410 e. The Bertz CT molecular complexity index is 412. The molecule has 0 saturated carbocycles. The molecule has 1 heterocycles. The Morgan fingerprint density at radius 1 is 1.22 bits per heavy atom. The molecule has 1 rings (SSSR count). The molecule has 1 aliphatic rings. The first-order chi connectivity index (χ1) is 10.3.